The number of benzene rings is 3. The fraction of sp³-hybridized carbons (Fsp3) is 0.167. The predicted octanol–water partition coefficient (Wildman–Crippen LogP) is 3.80. The quantitative estimate of drug-likeness (QED) is 0.535. The Hall–Kier alpha value is -3.80. The molecule has 2 heterocycles. The van der Waals surface area contributed by atoms with Crippen molar-refractivity contribution in [3.8, 4) is 11.5 Å². The van der Waals surface area contributed by atoms with Gasteiger partial charge in [-0.25, -0.2) is 4.98 Å². The minimum Gasteiger partial charge on any atom is -0.485 e. The van der Waals surface area contributed by atoms with E-state index in [-0.39, 0.29) is 18.6 Å². The van der Waals surface area contributed by atoms with Crippen molar-refractivity contribution < 1.29 is 14.3 Å². The molecule has 1 aliphatic rings. The Morgan fingerprint density at radius 2 is 1.73 bits per heavy atom. The molecule has 0 fully saturated rings. The number of fused-ring (bicyclic) bond motifs is 2. The highest BCUT2D eigenvalue weighted by Gasteiger charge is 2.30. The summed E-state index contributed by atoms with van der Waals surface area (Å²) in [5.41, 5.74) is 2.91. The standard InChI is InChI=1S/C24H21N3O3/c28-24(22-15-29-20-12-6-7-13-21(20)30-22)27-19(14-16-8-2-1-3-9-16)23-25-17-10-4-5-11-18(17)26-23/h1-13,19,22H,14-15H2,(H,25,26)(H,27,28). The van der Waals surface area contributed by atoms with Crippen LogP contribution in [-0.2, 0) is 11.2 Å². The second kappa shape index (κ2) is 7.91. The van der Waals surface area contributed by atoms with Crippen LogP contribution in [0.1, 0.15) is 17.4 Å². The largest absolute Gasteiger partial charge is 0.485 e. The summed E-state index contributed by atoms with van der Waals surface area (Å²) in [6.45, 7) is 0.168. The fourth-order valence-electron chi connectivity index (χ4n) is 3.62. The average Bonchev–Trinajstić information content (AvgIpc) is 3.23. The van der Waals surface area contributed by atoms with Crippen molar-refractivity contribution in [3.05, 3.63) is 90.3 Å². The Bertz CT molecular complexity index is 1140. The van der Waals surface area contributed by atoms with Crippen LogP contribution in [0.15, 0.2) is 78.9 Å². The molecule has 6 heteroatoms. The van der Waals surface area contributed by atoms with Crippen LogP contribution >= 0.6 is 0 Å². The first kappa shape index (κ1) is 18.2. The predicted molar refractivity (Wildman–Crippen MR) is 113 cm³/mol. The highest BCUT2D eigenvalue weighted by molar-refractivity contribution is 5.82. The number of ether oxygens (including phenoxy) is 2. The summed E-state index contributed by atoms with van der Waals surface area (Å²) < 4.78 is 11.6. The smallest absolute Gasteiger partial charge is 0.265 e. The molecule has 0 bridgehead atoms. The lowest BCUT2D eigenvalue weighted by Gasteiger charge is -2.27. The molecule has 0 aliphatic carbocycles. The number of para-hydroxylation sites is 4. The van der Waals surface area contributed by atoms with E-state index in [1.165, 1.54) is 0 Å². The molecule has 0 saturated heterocycles. The normalized spacial score (nSPS) is 16.2. The van der Waals surface area contributed by atoms with Crippen LogP contribution in [-0.4, -0.2) is 28.6 Å². The van der Waals surface area contributed by atoms with Gasteiger partial charge in [0.25, 0.3) is 5.91 Å². The van der Waals surface area contributed by atoms with Gasteiger partial charge in [0.2, 0.25) is 6.10 Å². The van der Waals surface area contributed by atoms with Crippen LogP contribution in [0.25, 0.3) is 11.0 Å². The van der Waals surface area contributed by atoms with Gasteiger partial charge in [0.05, 0.1) is 17.1 Å². The zero-order valence-electron chi connectivity index (χ0n) is 16.2. The highest BCUT2D eigenvalue weighted by Crippen LogP contribution is 2.31. The minimum atomic E-state index is -0.720. The zero-order chi connectivity index (χ0) is 20.3. The average molecular weight is 399 g/mol. The van der Waals surface area contributed by atoms with Crippen molar-refractivity contribution >= 4 is 16.9 Å². The number of aromatic nitrogens is 2. The van der Waals surface area contributed by atoms with Crippen LogP contribution in [0, 0.1) is 0 Å². The van der Waals surface area contributed by atoms with Gasteiger partial charge in [-0.2, -0.15) is 0 Å². The summed E-state index contributed by atoms with van der Waals surface area (Å²) in [7, 11) is 0. The van der Waals surface area contributed by atoms with Crippen molar-refractivity contribution in [3.63, 3.8) is 0 Å². The van der Waals surface area contributed by atoms with Crippen LogP contribution in [0.2, 0.25) is 0 Å². The first-order valence-electron chi connectivity index (χ1n) is 9.94. The molecule has 0 radical (unpaired) electrons. The van der Waals surface area contributed by atoms with Gasteiger partial charge in [0.15, 0.2) is 11.5 Å². The first-order chi connectivity index (χ1) is 14.8. The number of hydrogen-bond donors (Lipinski definition) is 2. The molecule has 0 spiro atoms. The second-order valence-corrected chi connectivity index (χ2v) is 7.25. The minimum absolute atomic E-state index is 0.168. The van der Waals surface area contributed by atoms with Crippen molar-refractivity contribution in [2.75, 3.05) is 6.61 Å². The summed E-state index contributed by atoms with van der Waals surface area (Å²) in [5, 5.41) is 3.11. The van der Waals surface area contributed by atoms with E-state index in [2.05, 4.69) is 10.3 Å². The molecule has 0 saturated carbocycles. The van der Waals surface area contributed by atoms with E-state index in [4.69, 9.17) is 14.5 Å². The molecule has 1 amide bonds. The molecule has 150 valence electrons. The van der Waals surface area contributed by atoms with Gasteiger partial charge < -0.3 is 19.8 Å². The molecule has 2 unspecified atom stereocenters. The summed E-state index contributed by atoms with van der Waals surface area (Å²) in [6.07, 6.45) is -0.112. The Morgan fingerprint density at radius 1 is 1.00 bits per heavy atom. The van der Waals surface area contributed by atoms with Crippen molar-refractivity contribution in [1.82, 2.24) is 15.3 Å². The van der Waals surface area contributed by atoms with E-state index in [1.54, 1.807) is 6.07 Å². The van der Waals surface area contributed by atoms with Crippen LogP contribution < -0.4 is 14.8 Å². The molecular weight excluding hydrogens is 378 g/mol. The number of nitrogens with one attached hydrogen (secondary N) is 2. The van der Waals surface area contributed by atoms with Crippen molar-refractivity contribution in [2.24, 2.45) is 0 Å². The number of amides is 1. The maximum atomic E-state index is 13.0. The molecule has 1 aromatic heterocycles. The number of imidazole rings is 1. The SMILES string of the molecule is O=C(NC(Cc1ccccc1)c1nc2ccccc2[nH]1)C1COc2ccccc2O1. The van der Waals surface area contributed by atoms with Gasteiger partial charge in [0, 0.05) is 0 Å². The van der Waals surface area contributed by atoms with E-state index in [1.807, 2.05) is 72.8 Å². The Labute approximate surface area is 173 Å². The topological polar surface area (TPSA) is 76.2 Å². The van der Waals surface area contributed by atoms with Crippen LogP contribution in [0.4, 0.5) is 0 Å². The first-order valence-corrected chi connectivity index (χ1v) is 9.94. The van der Waals surface area contributed by atoms with Crippen LogP contribution in [0.5, 0.6) is 11.5 Å². The number of carbonyl (C=O) groups excluding carboxylic acids is 1. The van der Waals surface area contributed by atoms with Gasteiger partial charge >= 0.3 is 0 Å². The number of aromatic amines is 1. The Kier molecular flexibility index (Phi) is 4.81. The Balaban J connectivity index is 1.39. The lowest BCUT2D eigenvalue weighted by atomic mass is 10.0. The van der Waals surface area contributed by atoms with E-state index >= 15 is 0 Å². The molecule has 3 aromatic carbocycles. The van der Waals surface area contributed by atoms with Crippen molar-refractivity contribution in [1.29, 1.82) is 0 Å². The third-order valence-corrected chi connectivity index (χ3v) is 5.14. The van der Waals surface area contributed by atoms with Gasteiger partial charge in [0.1, 0.15) is 12.4 Å². The van der Waals surface area contributed by atoms with E-state index in [9.17, 15) is 4.79 Å². The molecule has 5 rings (SSSR count). The van der Waals surface area contributed by atoms with E-state index in [0.29, 0.717) is 23.7 Å². The number of rotatable bonds is 5. The van der Waals surface area contributed by atoms with Gasteiger partial charge in [-0.1, -0.05) is 54.6 Å². The van der Waals surface area contributed by atoms with Crippen molar-refractivity contribution in [2.45, 2.75) is 18.6 Å². The van der Waals surface area contributed by atoms with Gasteiger partial charge in [-0.15, -0.1) is 0 Å². The number of nitrogens with zero attached hydrogens (tertiary/aromatic N) is 1. The molecule has 2 atom stereocenters. The third-order valence-electron chi connectivity index (χ3n) is 5.14. The molecular formula is C24H21N3O3. The highest BCUT2D eigenvalue weighted by atomic mass is 16.6. The summed E-state index contributed by atoms with van der Waals surface area (Å²) >= 11 is 0. The molecule has 30 heavy (non-hydrogen) atoms. The lowest BCUT2D eigenvalue weighted by molar-refractivity contribution is -0.131. The van der Waals surface area contributed by atoms with E-state index in [0.717, 1.165) is 16.6 Å². The molecule has 4 aromatic rings. The number of carbonyl (C=O) groups is 1. The van der Waals surface area contributed by atoms with Gasteiger partial charge in [-0.05, 0) is 36.2 Å². The molecule has 2 N–H and O–H groups in total. The fourth-order valence-corrected chi connectivity index (χ4v) is 3.62. The van der Waals surface area contributed by atoms with E-state index < -0.39 is 6.10 Å². The monoisotopic (exact) mass is 399 g/mol. The van der Waals surface area contributed by atoms with Gasteiger partial charge in [-0.3, -0.25) is 4.79 Å². The summed E-state index contributed by atoms with van der Waals surface area (Å²) in [6, 6.07) is 24.9. The maximum absolute atomic E-state index is 13.0. The molecule has 6 nitrogen and oxygen atoms in total. The second-order valence-electron chi connectivity index (χ2n) is 7.25. The summed E-state index contributed by atoms with van der Waals surface area (Å²) in [4.78, 5) is 21.1. The number of hydrogen-bond acceptors (Lipinski definition) is 4. The lowest BCUT2D eigenvalue weighted by Crippen LogP contribution is -2.45. The number of H-pyrrole nitrogens is 1. The maximum Gasteiger partial charge on any atom is 0.265 e. The molecule has 1 aliphatic heterocycles. The Morgan fingerprint density at radius 3 is 2.57 bits per heavy atom. The van der Waals surface area contributed by atoms with Crippen LogP contribution in [0.3, 0.4) is 0 Å². The third kappa shape index (κ3) is 3.72. The summed E-state index contributed by atoms with van der Waals surface area (Å²) in [5.74, 6) is 1.71. The zero-order valence-corrected chi connectivity index (χ0v) is 16.2.